The van der Waals surface area contributed by atoms with Gasteiger partial charge >= 0.3 is 0 Å². The molecule has 137 valence electrons. The van der Waals surface area contributed by atoms with Crippen LogP contribution in [0.3, 0.4) is 0 Å². The van der Waals surface area contributed by atoms with Gasteiger partial charge in [0, 0.05) is 33.3 Å². The van der Waals surface area contributed by atoms with E-state index >= 15 is 0 Å². The first-order chi connectivity index (χ1) is 12.8. The van der Waals surface area contributed by atoms with Gasteiger partial charge in [-0.1, -0.05) is 35.9 Å². The molecule has 3 aromatic carbocycles. The molecule has 0 spiro atoms. The monoisotopic (exact) mass is 529 g/mol. The number of aromatic nitrogens is 1. The molecule has 27 heavy (non-hydrogen) atoms. The van der Waals surface area contributed by atoms with Crippen LogP contribution in [0.1, 0.15) is 12.5 Å². The average molecular weight is 529 g/mol. The van der Waals surface area contributed by atoms with Crippen LogP contribution in [0.2, 0.25) is 0 Å². The van der Waals surface area contributed by atoms with Crippen LogP contribution >= 0.6 is 0 Å². The van der Waals surface area contributed by atoms with E-state index in [1.807, 2.05) is 68.6 Å². The molecule has 2 nitrogen and oxygen atoms in total. The fourth-order valence-corrected chi connectivity index (χ4v) is 2.65. The van der Waals surface area contributed by atoms with Gasteiger partial charge in [-0.3, -0.25) is 0 Å². The third-order valence-corrected chi connectivity index (χ3v) is 4.07. The van der Waals surface area contributed by atoms with Gasteiger partial charge in [-0.2, -0.15) is 0 Å². The van der Waals surface area contributed by atoms with Gasteiger partial charge < -0.3 is 9.98 Å². The van der Waals surface area contributed by atoms with Crippen molar-refractivity contribution in [3.63, 3.8) is 0 Å². The van der Waals surface area contributed by atoms with Crippen molar-refractivity contribution in [3.8, 4) is 11.3 Å². The summed E-state index contributed by atoms with van der Waals surface area (Å²) in [7, 11) is 1.82. The Bertz CT molecular complexity index is 953. The number of aliphatic imine (C=N–C) groups is 1. The van der Waals surface area contributed by atoms with Crippen LogP contribution in [-0.4, -0.2) is 17.7 Å². The predicted molar refractivity (Wildman–Crippen MR) is 109 cm³/mol. The van der Waals surface area contributed by atoms with Crippen LogP contribution < -0.4 is 0 Å². The van der Waals surface area contributed by atoms with Crippen molar-refractivity contribution in [3.05, 3.63) is 103 Å². The van der Waals surface area contributed by atoms with Crippen molar-refractivity contribution in [1.29, 1.82) is 0 Å². The molecule has 0 bridgehead atoms. The van der Waals surface area contributed by atoms with E-state index in [2.05, 4.69) is 46.4 Å². The smallest absolute Gasteiger partial charge is 0.0270 e. The van der Waals surface area contributed by atoms with Crippen LogP contribution in [0, 0.1) is 12.1 Å². The van der Waals surface area contributed by atoms with Crippen LogP contribution in [0.15, 0.2) is 90.1 Å². The van der Waals surface area contributed by atoms with Crippen molar-refractivity contribution in [1.82, 2.24) is 4.98 Å². The second-order valence-corrected chi connectivity index (χ2v) is 5.74. The number of rotatable bonds is 2. The number of fused-ring (bicyclic) bond motifs is 1. The number of hydrogen-bond acceptors (Lipinski definition) is 2. The Morgan fingerprint density at radius 1 is 0.852 bits per heavy atom. The minimum absolute atomic E-state index is 0. The maximum Gasteiger partial charge on any atom is 0.0270 e. The zero-order valence-corrected chi connectivity index (χ0v) is 17.7. The van der Waals surface area contributed by atoms with Gasteiger partial charge in [-0.15, -0.1) is 70.9 Å². The molecule has 0 amide bonds. The molecule has 0 aliphatic rings. The molecule has 0 aliphatic carbocycles. The summed E-state index contributed by atoms with van der Waals surface area (Å²) in [5.41, 5.74) is 4.24. The number of nitrogens with zero attached hydrogens (tertiary/aromatic N) is 2. The van der Waals surface area contributed by atoms with E-state index in [-0.39, 0.29) is 20.1 Å². The SMILES string of the molecule is CN=C(C)c1cccc2ccc[c-]c12.[Ir].[c-]1ccccc1-c1ccccn1. The molecular formula is C24H20IrN2-2. The maximum absolute atomic E-state index is 4.22. The van der Waals surface area contributed by atoms with E-state index in [0.717, 1.165) is 22.4 Å². The third-order valence-electron chi connectivity index (χ3n) is 4.07. The molecule has 3 heteroatoms. The summed E-state index contributed by atoms with van der Waals surface area (Å²) in [6, 6.07) is 32.3. The van der Waals surface area contributed by atoms with Crippen LogP contribution in [0.25, 0.3) is 22.0 Å². The van der Waals surface area contributed by atoms with Crippen LogP contribution in [-0.2, 0) is 20.1 Å². The summed E-state index contributed by atoms with van der Waals surface area (Å²) in [6.45, 7) is 2.02. The van der Waals surface area contributed by atoms with Crippen molar-refractivity contribution in [2.75, 3.05) is 7.05 Å². The third kappa shape index (κ3) is 5.43. The van der Waals surface area contributed by atoms with Crippen molar-refractivity contribution in [2.45, 2.75) is 6.92 Å². The zero-order chi connectivity index (χ0) is 18.2. The standard InChI is InChI=1S/C13H12N.C11H8N.Ir/c1-10(14-2)12-9-5-7-11-6-3-4-8-13(11)12;1-2-6-10(7-3-1)11-8-4-5-9-12-11;/h3-7,9H,1-2H3;1-6,8-9H;/q2*-1;. The second-order valence-electron chi connectivity index (χ2n) is 5.74. The number of pyridine rings is 1. The van der Waals surface area contributed by atoms with Crippen molar-refractivity contribution >= 4 is 16.5 Å². The first-order valence-corrected chi connectivity index (χ1v) is 8.51. The molecule has 0 unspecified atom stereocenters. The Morgan fingerprint density at radius 3 is 2.33 bits per heavy atom. The Morgan fingerprint density at radius 2 is 1.63 bits per heavy atom. The largest absolute Gasteiger partial charge is 0.305 e. The molecule has 0 aliphatic heterocycles. The van der Waals surface area contributed by atoms with E-state index in [9.17, 15) is 0 Å². The van der Waals surface area contributed by atoms with Gasteiger partial charge in [0.25, 0.3) is 0 Å². The minimum Gasteiger partial charge on any atom is -0.305 e. The number of benzene rings is 3. The molecule has 1 heterocycles. The van der Waals surface area contributed by atoms with E-state index in [1.54, 1.807) is 6.20 Å². The second kappa shape index (κ2) is 10.5. The van der Waals surface area contributed by atoms with Gasteiger partial charge in [0.1, 0.15) is 0 Å². The maximum atomic E-state index is 4.22. The Kier molecular flexibility index (Phi) is 8.06. The summed E-state index contributed by atoms with van der Waals surface area (Å²) in [4.78, 5) is 8.42. The minimum atomic E-state index is 0. The molecule has 0 fully saturated rings. The molecule has 0 saturated heterocycles. The molecule has 1 aromatic heterocycles. The molecule has 4 rings (SSSR count). The zero-order valence-electron chi connectivity index (χ0n) is 15.3. The summed E-state index contributed by atoms with van der Waals surface area (Å²) >= 11 is 0. The van der Waals surface area contributed by atoms with Crippen LogP contribution in [0.5, 0.6) is 0 Å². The summed E-state index contributed by atoms with van der Waals surface area (Å²) in [5, 5.41) is 2.37. The average Bonchev–Trinajstić information content (AvgIpc) is 2.74. The summed E-state index contributed by atoms with van der Waals surface area (Å²) < 4.78 is 0. The first-order valence-electron chi connectivity index (χ1n) is 8.51. The van der Waals surface area contributed by atoms with Crippen molar-refractivity contribution < 1.29 is 20.1 Å². The summed E-state index contributed by atoms with van der Waals surface area (Å²) in [5.74, 6) is 0. The topological polar surface area (TPSA) is 25.2 Å². The van der Waals surface area contributed by atoms with Crippen LogP contribution in [0.4, 0.5) is 0 Å². The van der Waals surface area contributed by atoms with E-state index < -0.39 is 0 Å². The summed E-state index contributed by atoms with van der Waals surface area (Å²) in [6.07, 6.45) is 1.79. The molecular weight excluding hydrogens is 508 g/mol. The quantitative estimate of drug-likeness (QED) is 0.245. The van der Waals surface area contributed by atoms with Gasteiger partial charge in [0.05, 0.1) is 0 Å². The fraction of sp³-hybridized carbons (Fsp3) is 0.0833. The number of hydrogen-bond donors (Lipinski definition) is 0. The normalized spacial score (nSPS) is 10.5. The molecule has 0 saturated carbocycles. The fourth-order valence-electron chi connectivity index (χ4n) is 2.65. The Hall–Kier alpha value is -2.61. The van der Waals surface area contributed by atoms with Gasteiger partial charge in [-0.05, 0) is 24.4 Å². The Labute approximate surface area is 174 Å². The predicted octanol–water partition coefficient (Wildman–Crippen LogP) is 5.63. The van der Waals surface area contributed by atoms with E-state index in [1.165, 1.54) is 10.9 Å². The Balaban J connectivity index is 0.000000189. The molecule has 0 N–H and O–H groups in total. The van der Waals surface area contributed by atoms with E-state index in [4.69, 9.17) is 0 Å². The van der Waals surface area contributed by atoms with Gasteiger partial charge in [0.15, 0.2) is 0 Å². The van der Waals surface area contributed by atoms with Gasteiger partial charge in [-0.25, -0.2) is 0 Å². The van der Waals surface area contributed by atoms with Crippen molar-refractivity contribution in [2.24, 2.45) is 4.99 Å². The van der Waals surface area contributed by atoms with E-state index in [0.29, 0.717) is 0 Å². The first kappa shape index (κ1) is 20.7. The molecule has 1 radical (unpaired) electrons. The molecule has 4 aromatic rings. The molecule has 0 atom stereocenters. The van der Waals surface area contributed by atoms with Gasteiger partial charge in [0.2, 0.25) is 0 Å².